The van der Waals surface area contributed by atoms with Crippen LogP contribution in [-0.2, 0) is 12.0 Å². The third-order valence-electron chi connectivity index (χ3n) is 1.99. The molecule has 0 saturated carbocycles. The van der Waals surface area contributed by atoms with E-state index >= 15 is 0 Å². The van der Waals surface area contributed by atoms with E-state index in [0.717, 1.165) is 12.0 Å². The molecule has 2 heteroatoms. The largest absolute Gasteiger partial charge is 0.322 e. The van der Waals surface area contributed by atoms with Gasteiger partial charge in [0, 0.05) is 17.9 Å². The molecule has 1 rings (SSSR count). The number of aromatic nitrogens is 1. The number of aryl methyl sites for hydroxylation is 1. The minimum atomic E-state index is -0.278. The predicted molar refractivity (Wildman–Crippen MR) is 50.8 cm³/mol. The fourth-order valence-corrected chi connectivity index (χ4v) is 1.31. The van der Waals surface area contributed by atoms with Crippen LogP contribution in [0, 0.1) is 0 Å². The lowest BCUT2D eigenvalue weighted by Gasteiger charge is -2.21. The van der Waals surface area contributed by atoms with Gasteiger partial charge in [0.1, 0.15) is 0 Å². The molecule has 2 nitrogen and oxygen atoms in total. The zero-order valence-electron chi connectivity index (χ0n) is 7.96. The molecule has 12 heavy (non-hydrogen) atoms. The highest BCUT2D eigenvalue weighted by Crippen LogP contribution is 2.20. The van der Waals surface area contributed by atoms with Crippen molar-refractivity contribution >= 4 is 0 Å². The number of rotatable bonds is 2. The fraction of sp³-hybridized carbons (Fsp3) is 0.500. The summed E-state index contributed by atoms with van der Waals surface area (Å²) in [5, 5.41) is 0. The van der Waals surface area contributed by atoms with Crippen molar-refractivity contribution in [2.75, 3.05) is 0 Å². The van der Waals surface area contributed by atoms with Crippen molar-refractivity contribution in [3.8, 4) is 0 Å². The van der Waals surface area contributed by atoms with Gasteiger partial charge >= 0.3 is 0 Å². The van der Waals surface area contributed by atoms with E-state index in [1.54, 1.807) is 0 Å². The van der Waals surface area contributed by atoms with Crippen LogP contribution < -0.4 is 5.73 Å². The van der Waals surface area contributed by atoms with E-state index in [-0.39, 0.29) is 5.54 Å². The van der Waals surface area contributed by atoms with Crippen LogP contribution in [0.25, 0.3) is 0 Å². The predicted octanol–water partition coefficient (Wildman–Crippen LogP) is 1.84. The summed E-state index contributed by atoms with van der Waals surface area (Å²) in [5.41, 5.74) is 8.15. The van der Waals surface area contributed by atoms with Gasteiger partial charge in [-0.25, -0.2) is 0 Å². The third kappa shape index (κ3) is 1.83. The third-order valence-corrected chi connectivity index (χ3v) is 1.99. The summed E-state index contributed by atoms with van der Waals surface area (Å²) in [4.78, 5) is 4.08. The van der Waals surface area contributed by atoms with E-state index in [9.17, 15) is 0 Å². The first-order chi connectivity index (χ1) is 5.55. The lowest BCUT2D eigenvalue weighted by atomic mass is 9.92. The molecule has 0 amide bonds. The standard InChI is InChI=1S/C10H16N2/c1-4-8-5-6-12-7-9(8)10(2,3)11/h5-7H,4,11H2,1-3H3. The maximum atomic E-state index is 5.99. The molecular formula is C10H16N2. The molecule has 0 unspecified atom stereocenters. The maximum Gasteiger partial charge on any atom is 0.0370 e. The van der Waals surface area contributed by atoms with Crippen LogP contribution in [0.3, 0.4) is 0 Å². The number of nitrogens with zero attached hydrogens (tertiary/aromatic N) is 1. The van der Waals surface area contributed by atoms with Crippen LogP contribution in [0.1, 0.15) is 31.9 Å². The van der Waals surface area contributed by atoms with Gasteiger partial charge in [-0.3, -0.25) is 4.98 Å². The van der Waals surface area contributed by atoms with Gasteiger partial charge in [0.2, 0.25) is 0 Å². The molecule has 0 fully saturated rings. The number of nitrogens with two attached hydrogens (primary N) is 1. The van der Waals surface area contributed by atoms with Gasteiger partial charge in [-0.1, -0.05) is 6.92 Å². The molecule has 2 N–H and O–H groups in total. The number of hydrogen-bond acceptors (Lipinski definition) is 2. The first kappa shape index (κ1) is 9.20. The highest BCUT2D eigenvalue weighted by Gasteiger charge is 2.16. The Labute approximate surface area is 73.8 Å². The zero-order chi connectivity index (χ0) is 9.19. The quantitative estimate of drug-likeness (QED) is 0.724. The molecule has 0 saturated heterocycles. The topological polar surface area (TPSA) is 38.9 Å². The molecule has 1 heterocycles. The van der Waals surface area contributed by atoms with Crippen molar-refractivity contribution in [3.63, 3.8) is 0 Å². The van der Waals surface area contributed by atoms with Gasteiger partial charge in [-0.05, 0) is 37.5 Å². The van der Waals surface area contributed by atoms with Crippen LogP contribution in [0.5, 0.6) is 0 Å². The average molecular weight is 164 g/mol. The van der Waals surface area contributed by atoms with Crippen LogP contribution in [0.15, 0.2) is 18.5 Å². The van der Waals surface area contributed by atoms with Crippen LogP contribution in [-0.4, -0.2) is 4.98 Å². The summed E-state index contributed by atoms with van der Waals surface area (Å²) in [6.45, 7) is 6.14. The number of pyridine rings is 1. The van der Waals surface area contributed by atoms with E-state index < -0.39 is 0 Å². The van der Waals surface area contributed by atoms with E-state index in [1.807, 2.05) is 32.3 Å². The van der Waals surface area contributed by atoms with Crippen molar-refractivity contribution in [1.29, 1.82) is 0 Å². The molecule has 66 valence electrons. The molecule has 0 aliphatic heterocycles. The van der Waals surface area contributed by atoms with Crippen molar-refractivity contribution in [1.82, 2.24) is 4.98 Å². The average Bonchev–Trinajstić information content (AvgIpc) is 2.03. The number of hydrogen-bond donors (Lipinski definition) is 1. The molecule has 0 spiro atoms. The lowest BCUT2D eigenvalue weighted by molar-refractivity contribution is 0.546. The van der Waals surface area contributed by atoms with E-state index in [2.05, 4.69) is 11.9 Å². The highest BCUT2D eigenvalue weighted by atomic mass is 14.7. The normalized spacial score (nSPS) is 11.7. The summed E-state index contributed by atoms with van der Waals surface area (Å²) in [7, 11) is 0. The molecule has 0 bridgehead atoms. The second-order valence-electron chi connectivity index (χ2n) is 3.61. The lowest BCUT2D eigenvalue weighted by Crippen LogP contribution is -2.30. The minimum absolute atomic E-state index is 0.278. The van der Waals surface area contributed by atoms with Crippen molar-refractivity contribution in [3.05, 3.63) is 29.6 Å². The second-order valence-corrected chi connectivity index (χ2v) is 3.61. The van der Waals surface area contributed by atoms with Gasteiger partial charge in [0.15, 0.2) is 0 Å². The SMILES string of the molecule is CCc1ccncc1C(C)(C)N. The fourth-order valence-electron chi connectivity index (χ4n) is 1.31. The Hall–Kier alpha value is -0.890. The Morgan fingerprint density at radius 2 is 2.17 bits per heavy atom. The smallest absolute Gasteiger partial charge is 0.0370 e. The van der Waals surface area contributed by atoms with Crippen LogP contribution in [0.2, 0.25) is 0 Å². The van der Waals surface area contributed by atoms with Crippen molar-refractivity contribution < 1.29 is 0 Å². The van der Waals surface area contributed by atoms with Gasteiger partial charge in [-0.15, -0.1) is 0 Å². The monoisotopic (exact) mass is 164 g/mol. The van der Waals surface area contributed by atoms with Gasteiger partial charge < -0.3 is 5.73 Å². The molecule has 1 aromatic rings. The molecule has 0 atom stereocenters. The first-order valence-electron chi connectivity index (χ1n) is 4.28. The Bertz CT molecular complexity index is 261. The zero-order valence-corrected chi connectivity index (χ0v) is 7.96. The summed E-state index contributed by atoms with van der Waals surface area (Å²) >= 11 is 0. The molecule has 1 aromatic heterocycles. The molecule has 0 aliphatic rings. The van der Waals surface area contributed by atoms with E-state index in [1.165, 1.54) is 5.56 Å². The summed E-state index contributed by atoms with van der Waals surface area (Å²) in [5.74, 6) is 0. The summed E-state index contributed by atoms with van der Waals surface area (Å²) in [6.07, 6.45) is 4.69. The Morgan fingerprint density at radius 3 is 2.58 bits per heavy atom. The van der Waals surface area contributed by atoms with Crippen LogP contribution >= 0.6 is 0 Å². The Balaban J connectivity index is 3.14. The molecule has 0 aromatic carbocycles. The summed E-state index contributed by atoms with van der Waals surface area (Å²) < 4.78 is 0. The van der Waals surface area contributed by atoms with Crippen LogP contribution in [0.4, 0.5) is 0 Å². The Kier molecular flexibility index (Phi) is 2.48. The molecule has 0 radical (unpaired) electrons. The van der Waals surface area contributed by atoms with Crippen molar-refractivity contribution in [2.24, 2.45) is 5.73 Å². The Morgan fingerprint density at radius 1 is 1.50 bits per heavy atom. The first-order valence-corrected chi connectivity index (χ1v) is 4.28. The van der Waals surface area contributed by atoms with Gasteiger partial charge in [-0.2, -0.15) is 0 Å². The van der Waals surface area contributed by atoms with E-state index in [4.69, 9.17) is 5.73 Å². The second kappa shape index (κ2) is 3.23. The summed E-state index contributed by atoms with van der Waals surface area (Å²) in [6, 6.07) is 2.03. The van der Waals surface area contributed by atoms with Crippen molar-refractivity contribution in [2.45, 2.75) is 32.7 Å². The molecular weight excluding hydrogens is 148 g/mol. The van der Waals surface area contributed by atoms with Gasteiger partial charge in [0.25, 0.3) is 0 Å². The van der Waals surface area contributed by atoms with E-state index in [0.29, 0.717) is 0 Å². The maximum absolute atomic E-state index is 5.99. The highest BCUT2D eigenvalue weighted by molar-refractivity contribution is 5.29. The minimum Gasteiger partial charge on any atom is -0.322 e. The van der Waals surface area contributed by atoms with Gasteiger partial charge in [0.05, 0.1) is 0 Å². The molecule has 0 aliphatic carbocycles.